The molecule has 0 saturated carbocycles. The summed E-state index contributed by atoms with van der Waals surface area (Å²) in [6.45, 7) is 2.17. The van der Waals surface area contributed by atoms with Crippen LogP contribution in [0.25, 0.3) is 0 Å². The second-order valence-electron chi connectivity index (χ2n) is 2.83. The maximum atomic E-state index is 11.0. The molecule has 1 aliphatic heterocycles. The Morgan fingerprint density at radius 2 is 2.29 bits per heavy atom. The number of alkyl carbamates (subject to hydrolysis) is 1. The Bertz CT molecular complexity index is 262. The van der Waals surface area contributed by atoms with E-state index >= 15 is 0 Å². The van der Waals surface area contributed by atoms with Crippen molar-refractivity contribution in [2.75, 3.05) is 6.61 Å². The van der Waals surface area contributed by atoms with E-state index in [0.29, 0.717) is 13.0 Å². The fraction of sp³-hybridized carbons (Fsp3) is 0.625. The van der Waals surface area contributed by atoms with E-state index in [1.807, 2.05) is 6.92 Å². The van der Waals surface area contributed by atoms with Gasteiger partial charge in [-0.1, -0.05) is 6.92 Å². The zero-order valence-electron chi connectivity index (χ0n) is 7.74. The number of carbonyl (C=O) groups is 3. The van der Waals surface area contributed by atoms with Gasteiger partial charge in [0, 0.05) is 0 Å². The zero-order chi connectivity index (χ0) is 10.6. The Morgan fingerprint density at radius 1 is 1.57 bits per heavy atom. The second kappa shape index (κ2) is 4.59. The minimum Gasteiger partial charge on any atom is -0.466 e. The number of rotatable bonds is 4. The first-order valence-corrected chi connectivity index (χ1v) is 4.31. The summed E-state index contributed by atoms with van der Waals surface area (Å²) in [6, 6.07) is -0.896. The lowest BCUT2D eigenvalue weighted by Gasteiger charge is -2.05. The van der Waals surface area contributed by atoms with Crippen LogP contribution in [0.1, 0.15) is 19.8 Å². The molecule has 6 nitrogen and oxygen atoms in total. The van der Waals surface area contributed by atoms with Crippen molar-refractivity contribution in [2.45, 2.75) is 25.8 Å². The molecule has 0 radical (unpaired) electrons. The van der Waals surface area contributed by atoms with E-state index in [1.165, 1.54) is 0 Å². The third kappa shape index (κ3) is 2.72. The van der Waals surface area contributed by atoms with Crippen LogP contribution in [0.15, 0.2) is 0 Å². The number of ether oxygens (including phenoxy) is 2. The molecular weight excluding hydrogens is 190 g/mol. The van der Waals surface area contributed by atoms with Gasteiger partial charge in [0.25, 0.3) is 0 Å². The van der Waals surface area contributed by atoms with Gasteiger partial charge in [0.05, 0.1) is 13.0 Å². The van der Waals surface area contributed by atoms with Crippen molar-refractivity contribution in [1.82, 2.24) is 5.32 Å². The van der Waals surface area contributed by atoms with Gasteiger partial charge in [0.1, 0.15) is 6.04 Å². The average molecular weight is 201 g/mol. The van der Waals surface area contributed by atoms with Crippen molar-refractivity contribution >= 4 is 18.0 Å². The Kier molecular flexibility index (Phi) is 3.44. The highest BCUT2D eigenvalue weighted by molar-refractivity contribution is 5.97. The van der Waals surface area contributed by atoms with Gasteiger partial charge in [0.2, 0.25) is 0 Å². The lowest BCUT2D eigenvalue weighted by atomic mass is 10.2. The molecule has 0 aliphatic carbocycles. The van der Waals surface area contributed by atoms with Crippen LogP contribution in [0, 0.1) is 0 Å². The van der Waals surface area contributed by atoms with Gasteiger partial charge >= 0.3 is 18.0 Å². The van der Waals surface area contributed by atoms with Crippen LogP contribution in [-0.4, -0.2) is 30.7 Å². The summed E-state index contributed by atoms with van der Waals surface area (Å²) in [7, 11) is 0. The lowest BCUT2D eigenvalue weighted by Crippen LogP contribution is -2.31. The van der Waals surface area contributed by atoms with E-state index in [0.717, 1.165) is 0 Å². The first kappa shape index (κ1) is 10.5. The normalized spacial score (nSPS) is 20.2. The summed E-state index contributed by atoms with van der Waals surface area (Å²) in [4.78, 5) is 32.5. The van der Waals surface area contributed by atoms with Crippen molar-refractivity contribution in [3.8, 4) is 0 Å². The highest BCUT2D eigenvalue weighted by atomic mass is 16.6. The molecule has 1 atom stereocenters. The molecule has 1 saturated heterocycles. The molecule has 6 heteroatoms. The van der Waals surface area contributed by atoms with Crippen LogP contribution < -0.4 is 5.32 Å². The molecule has 1 fully saturated rings. The Labute approximate surface area is 80.5 Å². The topological polar surface area (TPSA) is 81.7 Å². The molecule has 0 bridgehead atoms. The van der Waals surface area contributed by atoms with E-state index in [-0.39, 0.29) is 6.42 Å². The number of nitrogens with one attached hydrogen (secondary N) is 1. The zero-order valence-corrected chi connectivity index (χ0v) is 7.74. The Morgan fingerprint density at radius 3 is 2.79 bits per heavy atom. The molecular formula is C8H11NO5. The summed E-state index contributed by atoms with van der Waals surface area (Å²) in [5.74, 6) is -1.25. The molecule has 1 unspecified atom stereocenters. The number of amides is 1. The molecule has 1 heterocycles. The molecule has 78 valence electrons. The lowest BCUT2D eigenvalue weighted by molar-refractivity contribution is -0.147. The molecule has 14 heavy (non-hydrogen) atoms. The standard InChI is InChI=1S/C8H11NO5/c1-2-3-13-6(10)4-5-7(11)14-8(12)9-5/h5H,2-4H2,1H3,(H,9,12). The predicted octanol–water partition coefficient (Wildman–Crippen LogP) is -0.0353. The SMILES string of the molecule is CCCOC(=O)CC1NC(=O)OC1=O. The van der Waals surface area contributed by atoms with E-state index in [2.05, 4.69) is 10.1 Å². The monoisotopic (exact) mass is 201 g/mol. The van der Waals surface area contributed by atoms with Gasteiger partial charge in [0.15, 0.2) is 0 Å². The third-order valence-corrected chi connectivity index (χ3v) is 1.61. The van der Waals surface area contributed by atoms with Crippen LogP contribution in [0.3, 0.4) is 0 Å². The van der Waals surface area contributed by atoms with Crippen LogP contribution in [0.2, 0.25) is 0 Å². The highest BCUT2D eigenvalue weighted by Crippen LogP contribution is 2.05. The van der Waals surface area contributed by atoms with Gasteiger partial charge in [-0.15, -0.1) is 0 Å². The largest absolute Gasteiger partial charge is 0.466 e. The summed E-state index contributed by atoms with van der Waals surface area (Å²) in [6.07, 6.45) is -0.277. The fourth-order valence-corrected chi connectivity index (χ4v) is 0.969. The fourth-order valence-electron chi connectivity index (χ4n) is 0.969. The first-order chi connectivity index (χ1) is 6.63. The summed E-state index contributed by atoms with van der Waals surface area (Å²) < 4.78 is 8.92. The van der Waals surface area contributed by atoms with Crippen molar-refractivity contribution in [2.24, 2.45) is 0 Å². The number of esters is 2. The smallest absolute Gasteiger partial charge is 0.415 e. The minimum atomic E-state index is -0.896. The van der Waals surface area contributed by atoms with Gasteiger partial charge in [-0.2, -0.15) is 0 Å². The highest BCUT2D eigenvalue weighted by Gasteiger charge is 2.34. The summed E-state index contributed by atoms with van der Waals surface area (Å²) in [5.41, 5.74) is 0. The van der Waals surface area contributed by atoms with Gasteiger partial charge < -0.3 is 14.8 Å². The first-order valence-electron chi connectivity index (χ1n) is 4.31. The molecule has 0 aromatic rings. The number of hydrogen-bond acceptors (Lipinski definition) is 5. The molecule has 0 spiro atoms. The van der Waals surface area contributed by atoms with Crippen LogP contribution >= 0.6 is 0 Å². The molecule has 1 amide bonds. The molecule has 1 rings (SSSR count). The van der Waals surface area contributed by atoms with E-state index in [9.17, 15) is 14.4 Å². The van der Waals surface area contributed by atoms with E-state index in [1.54, 1.807) is 0 Å². The maximum absolute atomic E-state index is 11.0. The molecule has 0 aromatic carbocycles. The van der Waals surface area contributed by atoms with Crippen molar-refractivity contribution in [3.05, 3.63) is 0 Å². The third-order valence-electron chi connectivity index (χ3n) is 1.61. The van der Waals surface area contributed by atoms with Gasteiger partial charge in [-0.05, 0) is 6.42 Å². The van der Waals surface area contributed by atoms with Crippen LogP contribution in [0.4, 0.5) is 4.79 Å². The molecule has 1 aliphatic rings. The number of carbonyl (C=O) groups excluding carboxylic acids is 3. The second-order valence-corrected chi connectivity index (χ2v) is 2.83. The van der Waals surface area contributed by atoms with Crippen molar-refractivity contribution < 1.29 is 23.9 Å². The Balaban J connectivity index is 2.33. The van der Waals surface area contributed by atoms with Crippen molar-refractivity contribution in [1.29, 1.82) is 0 Å². The Hall–Kier alpha value is -1.59. The van der Waals surface area contributed by atoms with Crippen molar-refractivity contribution in [3.63, 3.8) is 0 Å². The maximum Gasteiger partial charge on any atom is 0.415 e. The average Bonchev–Trinajstić information content (AvgIpc) is 2.42. The van der Waals surface area contributed by atoms with Crippen LogP contribution in [0.5, 0.6) is 0 Å². The van der Waals surface area contributed by atoms with Gasteiger partial charge in [-0.25, -0.2) is 9.59 Å². The molecule has 1 N–H and O–H groups in total. The molecule has 0 aromatic heterocycles. The summed E-state index contributed by atoms with van der Waals surface area (Å²) in [5, 5.41) is 2.20. The van der Waals surface area contributed by atoms with E-state index < -0.39 is 24.1 Å². The van der Waals surface area contributed by atoms with E-state index in [4.69, 9.17) is 4.74 Å². The number of hydrogen-bond donors (Lipinski definition) is 1. The minimum absolute atomic E-state index is 0.176. The predicted molar refractivity (Wildman–Crippen MR) is 44.3 cm³/mol. The van der Waals surface area contributed by atoms with Crippen LogP contribution in [-0.2, 0) is 19.1 Å². The number of cyclic esters (lactones) is 2. The quantitative estimate of drug-likeness (QED) is 0.510. The van der Waals surface area contributed by atoms with Gasteiger partial charge in [-0.3, -0.25) is 4.79 Å². The summed E-state index contributed by atoms with van der Waals surface area (Å²) >= 11 is 0.